The van der Waals surface area contributed by atoms with E-state index in [2.05, 4.69) is 20.8 Å². The lowest BCUT2D eigenvalue weighted by atomic mass is 9.99. The smallest absolute Gasteiger partial charge is 0.416 e. The molecule has 15 heteroatoms. The molecule has 0 aliphatic heterocycles. The number of likely N-dealkylation sites (N-methyl/N-ethyl adjacent to an activating group) is 1. The van der Waals surface area contributed by atoms with Crippen LogP contribution in [-0.2, 0) is 20.6 Å². The summed E-state index contributed by atoms with van der Waals surface area (Å²) in [6, 6.07) is 5.51. The lowest BCUT2D eigenvalue weighted by molar-refractivity contribution is -0.138. The number of hydrogen-bond acceptors (Lipinski definition) is 7. The highest BCUT2D eigenvalue weighted by molar-refractivity contribution is 6.30. The van der Waals surface area contributed by atoms with Crippen molar-refractivity contribution in [3.05, 3.63) is 62.5 Å². The molecule has 0 radical (unpaired) electrons. The van der Waals surface area contributed by atoms with Gasteiger partial charge in [0.1, 0.15) is 12.5 Å². The predicted octanol–water partition coefficient (Wildman–Crippen LogP) is 3.63. The third-order valence-electron chi connectivity index (χ3n) is 4.46. The summed E-state index contributed by atoms with van der Waals surface area (Å²) in [7, 11) is 1.59. The highest BCUT2D eigenvalue weighted by Gasteiger charge is 2.31. The minimum atomic E-state index is -4.39. The first kappa shape index (κ1) is 34.0. The third kappa shape index (κ3) is 11.8. The Morgan fingerprint density at radius 2 is 1.74 bits per heavy atom. The van der Waals surface area contributed by atoms with E-state index in [0.29, 0.717) is 21.7 Å². The summed E-state index contributed by atoms with van der Waals surface area (Å²) >= 11 is 5.94. The van der Waals surface area contributed by atoms with E-state index in [9.17, 15) is 27.7 Å². The van der Waals surface area contributed by atoms with Crippen molar-refractivity contribution in [2.75, 3.05) is 13.6 Å². The Balaban J connectivity index is 0.000000709. The zero-order valence-electron chi connectivity index (χ0n) is 20.7. The number of guanidine groups is 1. The first-order valence-corrected chi connectivity index (χ1v) is 10.9. The summed E-state index contributed by atoms with van der Waals surface area (Å²) in [5.41, 5.74) is 10.9. The second kappa shape index (κ2) is 15.9. The molecular weight excluding hydrogens is 533 g/mol. The normalized spacial score (nSPS) is 11.0. The number of carboxylic acids is 1. The van der Waals surface area contributed by atoms with Gasteiger partial charge in [-0.3, -0.25) is 9.59 Å². The second-order valence-corrected chi connectivity index (χ2v) is 8.03. The van der Waals surface area contributed by atoms with E-state index in [1.807, 2.05) is 6.79 Å². The molecule has 1 amide bonds. The Hall–Kier alpha value is -4.04. The average Bonchev–Trinajstić information content (AvgIpc) is 2.78. The topological polar surface area (TPSA) is 189 Å². The van der Waals surface area contributed by atoms with Gasteiger partial charge in [-0.25, -0.2) is 4.99 Å². The number of nitroso groups, excluding NO2 is 1. The molecule has 0 saturated heterocycles. The van der Waals surface area contributed by atoms with Crippen LogP contribution in [0.4, 0.5) is 24.5 Å². The largest absolute Gasteiger partial charge is 0.481 e. The van der Waals surface area contributed by atoms with Crippen LogP contribution in [0.3, 0.4) is 0 Å². The fraction of sp³-hybridized carbons (Fsp3) is 0.304. The van der Waals surface area contributed by atoms with Crippen LogP contribution < -0.4 is 22.1 Å². The number of carbonyl (C=O) groups is 3. The van der Waals surface area contributed by atoms with Crippen molar-refractivity contribution >= 4 is 47.6 Å². The number of amides is 1. The van der Waals surface area contributed by atoms with Crippen LogP contribution in [0.2, 0.25) is 5.02 Å². The summed E-state index contributed by atoms with van der Waals surface area (Å²) in [6.45, 7) is 5.21. The van der Waals surface area contributed by atoms with E-state index < -0.39 is 29.7 Å². The van der Waals surface area contributed by atoms with Crippen LogP contribution in [0.15, 0.2) is 40.5 Å². The van der Waals surface area contributed by atoms with Gasteiger partial charge in [0.15, 0.2) is 5.96 Å². The molecule has 38 heavy (non-hydrogen) atoms. The molecule has 0 saturated carbocycles. The molecule has 0 spiro atoms. The molecule has 11 nitrogen and oxygen atoms in total. The maximum Gasteiger partial charge on any atom is 0.416 e. The highest BCUT2D eigenvalue weighted by atomic mass is 35.5. The van der Waals surface area contributed by atoms with Gasteiger partial charge in [-0.2, -0.15) is 13.2 Å². The fourth-order valence-corrected chi connectivity index (χ4v) is 3.39. The Kier molecular flexibility index (Phi) is 14.2. The van der Waals surface area contributed by atoms with E-state index in [0.717, 1.165) is 12.1 Å². The number of benzene rings is 2. The summed E-state index contributed by atoms with van der Waals surface area (Å²) < 4.78 is 37.1. The van der Waals surface area contributed by atoms with E-state index >= 15 is 0 Å². The van der Waals surface area contributed by atoms with Crippen molar-refractivity contribution < 1.29 is 32.7 Å². The van der Waals surface area contributed by atoms with Gasteiger partial charge in [-0.15, -0.1) is 4.91 Å². The van der Waals surface area contributed by atoms with Crippen LogP contribution in [0, 0.1) is 18.8 Å². The maximum atomic E-state index is 12.4. The fourth-order valence-electron chi connectivity index (χ4n) is 3.11. The van der Waals surface area contributed by atoms with E-state index in [4.69, 9.17) is 33.0 Å². The van der Waals surface area contributed by atoms with Gasteiger partial charge < -0.3 is 32.0 Å². The number of aryl methyl sites for hydroxylation is 2. The summed E-state index contributed by atoms with van der Waals surface area (Å²) in [5.74, 6) is -1.77. The number of rotatable bonds is 8. The van der Waals surface area contributed by atoms with Crippen molar-refractivity contribution in [2.24, 2.45) is 21.6 Å². The molecule has 0 aromatic heterocycles. The Morgan fingerprint density at radius 1 is 1.13 bits per heavy atom. The van der Waals surface area contributed by atoms with Gasteiger partial charge in [0.05, 0.1) is 30.3 Å². The van der Waals surface area contributed by atoms with Gasteiger partial charge in [0.25, 0.3) is 0 Å². The Labute approximate surface area is 221 Å². The van der Waals surface area contributed by atoms with Crippen LogP contribution in [0.5, 0.6) is 0 Å². The van der Waals surface area contributed by atoms with Crippen LogP contribution in [0.25, 0.3) is 0 Å². The third-order valence-corrected chi connectivity index (χ3v) is 4.68. The maximum absolute atomic E-state index is 12.4. The van der Waals surface area contributed by atoms with Crippen LogP contribution in [-0.4, -0.2) is 43.3 Å². The predicted molar refractivity (Wildman–Crippen MR) is 137 cm³/mol. The van der Waals surface area contributed by atoms with Crippen molar-refractivity contribution in [1.29, 1.82) is 0 Å². The molecule has 0 aliphatic rings. The molecule has 1 atom stereocenters. The molecule has 0 heterocycles. The number of nitrogens with zero attached hydrogens (tertiary/aromatic N) is 2. The number of aliphatic imine (C=N–C) groups is 1. The van der Waals surface area contributed by atoms with Gasteiger partial charge in [0.2, 0.25) is 5.91 Å². The van der Waals surface area contributed by atoms with Gasteiger partial charge in [-0.05, 0) is 67.5 Å². The number of alkyl halides is 3. The number of carboxylic acid groups (broad SMARTS) is 1. The average molecular weight is 561 g/mol. The summed E-state index contributed by atoms with van der Waals surface area (Å²) in [5, 5.41) is 17.5. The van der Waals surface area contributed by atoms with Crippen molar-refractivity contribution in [1.82, 2.24) is 10.6 Å². The molecule has 0 bridgehead atoms. The summed E-state index contributed by atoms with van der Waals surface area (Å²) in [4.78, 5) is 45.2. The molecule has 7 N–H and O–H groups in total. The van der Waals surface area contributed by atoms with Crippen molar-refractivity contribution in [3.8, 4) is 0 Å². The van der Waals surface area contributed by atoms with E-state index in [1.54, 1.807) is 27.0 Å². The van der Waals surface area contributed by atoms with Gasteiger partial charge >= 0.3 is 12.1 Å². The monoisotopic (exact) mass is 560 g/mol. The highest BCUT2D eigenvalue weighted by Crippen LogP contribution is 2.34. The lowest BCUT2D eigenvalue weighted by Crippen LogP contribution is -2.36. The zero-order chi connectivity index (χ0) is 29.6. The van der Waals surface area contributed by atoms with Gasteiger partial charge in [0, 0.05) is 10.6 Å². The van der Waals surface area contributed by atoms with Crippen LogP contribution >= 0.6 is 11.6 Å². The molecule has 2 aromatic rings. The van der Waals surface area contributed by atoms with Gasteiger partial charge in [-0.1, -0.05) is 11.6 Å². The Bertz CT molecular complexity index is 1160. The lowest BCUT2D eigenvalue weighted by Gasteiger charge is -2.19. The quantitative estimate of drug-likeness (QED) is 0.184. The molecule has 2 aromatic carbocycles. The van der Waals surface area contributed by atoms with Crippen LogP contribution in [0.1, 0.15) is 34.7 Å². The minimum Gasteiger partial charge on any atom is -0.481 e. The molecule has 2 rings (SSSR count). The molecule has 0 aliphatic carbocycles. The molecule has 1 unspecified atom stereocenters. The summed E-state index contributed by atoms with van der Waals surface area (Å²) in [6.07, 6.45) is -4.77. The zero-order valence-corrected chi connectivity index (χ0v) is 21.5. The minimum absolute atomic E-state index is 0.0273. The van der Waals surface area contributed by atoms with E-state index in [1.165, 1.54) is 12.1 Å². The number of carbonyl (C=O) groups excluding carboxylic acids is 2. The SMILES string of the molecule is C=O.CNCC(=O)NC(CC(=O)O)c1cc(Cl)cc(C)c1N=O.Cc1cc(N=C(N)N)cc(C(F)(F)F)c1. The number of nitrogens with two attached hydrogens (primary N) is 2. The first-order chi connectivity index (χ1) is 17.7. The standard InChI is InChI=1S/C13H16ClN3O4.C9H10F3N3.CH2O/c1-7-3-8(14)4-9(13(7)17-21)10(5-12(19)20)16-11(18)6-15-2;1-5-2-6(9(10,11)12)4-7(3-5)15-8(13)14;1-2/h3-4,10,15H,5-6H2,1-2H3,(H,16,18)(H,19,20);2-4H,1H3,(H4,13,14,15);1H2. The number of halogens is 4. The molecule has 0 fully saturated rings. The Morgan fingerprint density at radius 3 is 2.21 bits per heavy atom. The van der Waals surface area contributed by atoms with Crippen molar-refractivity contribution in [3.63, 3.8) is 0 Å². The number of nitrogens with one attached hydrogen (secondary N) is 2. The van der Waals surface area contributed by atoms with Crippen molar-refractivity contribution in [2.45, 2.75) is 32.5 Å². The molecule has 208 valence electrons. The number of hydrogen-bond donors (Lipinski definition) is 5. The second-order valence-electron chi connectivity index (χ2n) is 7.59. The first-order valence-electron chi connectivity index (χ1n) is 10.5. The number of aliphatic carboxylic acids is 1. The molecular formula is C23H28ClF3N6O5. The van der Waals surface area contributed by atoms with E-state index in [-0.39, 0.29) is 30.3 Å².